The molecule has 0 aliphatic carbocycles. The predicted molar refractivity (Wildman–Crippen MR) is 85.0 cm³/mol. The minimum atomic E-state index is -3.82. The number of rotatable bonds is 8. The minimum Gasteiger partial charge on any atom is -0.480 e. The highest BCUT2D eigenvalue weighted by Crippen LogP contribution is 2.23. The largest absolute Gasteiger partial charge is 0.480 e. The first-order valence-electron chi connectivity index (χ1n) is 7.43. The fourth-order valence-corrected chi connectivity index (χ4v) is 4.35. The molecule has 1 aliphatic rings. The van der Waals surface area contributed by atoms with Crippen LogP contribution in [0.1, 0.15) is 12.0 Å². The second kappa shape index (κ2) is 7.87. The summed E-state index contributed by atoms with van der Waals surface area (Å²) in [5, 5.41) is 9.06. The Morgan fingerprint density at radius 2 is 2.09 bits per heavy atom. The Bertz CT molecular complexity index is 620. The van der Waals surface area contributed by atoms with E-state index in [9.17, 15) is 13.2 Å². The monoisotopic (exact) mass is 342 g/mol. The van der Waals surface area contributed by atoms with E-state index in [2.05, 4.69) is 0 Å². The van der Waals surface area contributed by atoms with Crippen molar-refractivity contribution in [2.75, 3.05) is 33.4 Å². The quantitative estimate of drug-likeness (QED) is 0.755. The molecule has 1 aromatic rings. The molecule has 1 fully saturated rings. The lowest BCUT2D eigenvalue weighted by Crippen LogP contribution is -2.44. The molecule has 23 heavy (non-hydrogen) atoms. The molecular formula is C15H22N2O5S. The van der Waals surface area contributed by atoms with Crippen LogP contribution in [0.5, 0.6) is 0 Å². The van der Waals surface area contributed by atoms with Crippen molar-refractivity contribution < 1.29 is 23.1 Å². The van der Waals surface area contributed by atoms with Gasteiger partial charge in [-0.05, 0) is 17.9 Å². The van der Waals surface area contributed by atoms with Gasteiger partial charge in [0.2, 0.25) is 0 Å². The van der Waals surface area contributed by atoms with Crippen molar-refractivity contribution in [3.05, 3.63) is 35.9 Å². The number of benzene rings is 1. The summed E-state index contributed by atoms with van der Waals surface area (Å²) in [6.45, 7) is 0.746. The third-order valence-corrected chi connectivity index (χ3v) is 5.71. The van der Waals surface area contributed by atoms with Crippen LogP contribution < -0.4 is 0 Å². The van der Waals surface area contributed by atoms with Crippen molar-refractivity contribution in [2.24, 2.45) is 5.92 Å². The van der Waals surface area contributed by atoms with Crippen LogP contribution in [0.4, 0.5) is 0 Å². The molecule has 0 radical (unpaired) electrons. The Morgan fingerprint density at radius 3 is 2.70 bits per heavy atom. The molecule has 8 heteroatoms. The highest BCUT2D eigenvalue weighted by Gasteiger charge is 2.36. The average molecular weight is 342 g/mol. The van der Waals surface area contributed by atoms with Gasteiger partial charge < -0.3 is 9.84 Å². The average Bonchev–Trinajstić information content (AvgIpc) is 2.97. The molecule has 7 nitrogen and oxygen atoms in total. The third-order valence-electron chi connectivity index (χ3n) is 3.82. The van der Waals surface area contributed by atoms with E-state index in [0.717, 1.165) is 16.3 Å². The summed E-state index contributed by atoms with van der Waals surface area (Å²) in [6, 6.07) is 8.98. The summed E-state index contributed by atoms with van der Waals surface area (Å²) in [6.07, 6.45) is 0.722. The van der Waals surface area contributed by atoms with Gasteiger partial charge in [-0.2, -0.15) is 17.0 Å². The molecule has 0 saturated carbocycles. The maximum atomic E-state index is 12.8. The molecule has 0 bridgehead atoms. The van der Waals surface area contributed by atoms with Gasteiger partial charge in [0.25, 0.3) is 10.2 Å². The summed E-state index contributed by atoms with van der Waals surface area (Å²) in [4.78, 5) is 11.1. The van der Waals surface area contributed by atoms with Gasteiger partial charge in [-0.15, -0.1) is 0 Å². The molecule has 2 rings (SSSR count). The van der Waals surface area contributed by atoms with Crippen molar-refractivity contribution in [2.45, 2.75) is 13.0 Å². The van der Waals surface area contributed by atoms with Gasteiger partial charge in [0, 0.05) is 26.7 Å². The molecule has 1 aromatic carbocycles. The van der Waals surface area contributed by atoms with Gasteiger partial charge in [0.05, 0.1) is 6.61 Å². The molecule has 0 aromatic heterocycles. The number of hydrogen-bond donors (Lipinski definition) is 1. The maximum absolute atomic E-state index is 12.8. The van der Waals surface area contributed by atoms with Crippen LogP contribution in [-0.2, 0) is 26.3 Å². The maximum Gasteiger partial charge on any atom is 0.318 e. The van der Waals surface area contributed by atoms with Crippen LogP contribution in [0.15, 0.2) is 30.3 Å². The molecule has 1 N–H and O–H groups in total. The van der Waals surface area contributed by atoms with E-state index < -0.39 is 22.7 Å². The zero-order valence-electron chi connectivity index (χ0n) is 13.1. The number of nitrogens with zero attached hydrogens (tertiary/aromatic N) is 2. The molecular weight excluding hydrogens is 320 g/mol. The lowest BCUT2D eigenvalue weighted by Gasteiger charge is -2.26. The summed E-state index contributed by atoms with van der Waals surface area (Å²) in [5.41, 5.74) is 0.755. The van der Waals surface area contributed by atoms with Crippen LogP contribution in [-0.4, -0.2) is 61.5 Å². The van der Waals surface area contributed by atoms with Crippen molar-refractivity contribution in [3.8, 4) is 0 Å². The summed E-state index contributed by atoms with van der Waals surface area (Å²) >= 11 is 0. The minimum absolute atomic E-state index is 0.0426. The van der Waals surface area contributed by atoms with Crippen LogP contribution in [0, 0.1) is 5.92 Å². The van der Waals surface area contributed by atoms with Gasteiger partial charge in [-0.3, -0.25) is 4.79 Å². The predicted octanol–water partition coefficient (Wildman–Crippen LogP) is 0.786. The number of ether oxygens (including phenoxy) is 1. The Labute approximate surface area is 136 Å². The van der Waals surface area contributed by atoms with E-state index in [-0.39, 0.29) is 12.5 Å². The number of carbonyl (C=O) groups is 1. The molecule has 1 unspecified atom stereocenters. The van der Waals surface area contributed by atoms with E-state index >= 15 is 0 Å². The zero-order chi connectivity index (χ0) is 16.9. The van der Waals surface area contributed by atoms with Gasteiger partial charge in [0.15, 0.2) is 0 Å². The number of aliphatic carboxylic acids is 1. The fraction of sp³-hybridized carbons (Fsp3) is 0.533. The molecule has 1 saturated heterocycles. The van der Waals surface area contributed by atoms with E-state index in [1.807, 2.05) is 6.07 Å². The van der Waals surface area contributed by atoms with E-state index in [0.29, 0.717) is 19.7 Å². The molecule has 1 aliphatic heterocycles. The molecule has 1 heterocycles. The van der Waals surface area contributed by atoms with E-state index in [1.165, 1.54) is 4.31 Å². The van der Waals surface area contributed by atoms with Crippen molar-refractivity contribution in [1.82, 2.24) is 8.61 Å². The summed E-state index contributed by atoms with van der Waals surface area (Å²) in [7, 11) is -2.23. The Hall–Kier alpha value is -1.48. The second-order valence-corrected chi connectivity index (χ2v) is 7.55. The molecule has 128 valence electrons. The van der Waals surface area contributed by atoms with Crippen LogP contribution in [0.25, 0.3) is 0 Å². The van der Waals surface area contributed by atoms with Crippen molar-refractivity contribution in [3.63, 3.8) is 0 Å². The Balaban J connectivity index is 2.15. The van der Waals surface area contributed by atoms with Crippen molar-refractivity contribution in [1.29, 1.82) is 0 Å². The van der Waals surface area contributed by atoms with Crippen LogP contribution in [0.2, 0.25) is 0 Å². The standard InChI is InChI=1S/C15H22N2O5S/c1-22-12-14-7-8-16(10-14)23(20,21)17(11-15(18)19)9-13-5-3-2-4-6-13/h2-6,14H,7-12H2,1H3,(H,18,19). The van der Waals surface area contributed by atoms with Crippen LogP contribution >= 0.6 is 0 Å². The summed E-state index contributed by atoms with van der Waals surface area (Å²) < 4.78 is 33.0. The number of methoxy groups -OCH3 is 1. The Kier molecular flexibility index (Phi) is 6.11. The normalized spacial score (nSPS) is 19.3. The zero-order valence-corrected chi connectivity index (χ0v) is 13.9. The second-order valence-electron chi connectivity index (χ2n) is 5.62. The van der Waals surface area contributed by atoms with Crippen molar-refractivity contribution >= 4 is 16.2 Å². The van der Waals surface area contributed by atoms with Gasteiger partial charge in [-0.1, -0.05) is 30.3 Å². The van der Waals surface area contributed by atoms with Crippen LogP contribution in [0.3, 0.4) is 0 Å². The van der Waals surface area contributed by atoms with E-state index in [4.69, 9.17) is 9.84 Å². The van der Waals surface area contributed by atoms with Gasteiger partial charge in [0.1, 0.15) is 6.54 Å². The first-order valence-corrected chi connectivity index (χ1v) is 8.83. The summed E-state index contributed by atoms with van der Waals surface area (Å²) in [5.74, 6) is -1.02. The fourth-order valence-electron chi connectivity index (χ4n) is 2.70. The number of hydrogen-bond acceptors (Lipinski definition) is 4. The first-order chi connectivity index (χ1) is 10.9. The number of carboxylic acid groups (broad SMARTS) is 1. The highest BCUT2D eigenvalue weighted by atomic mass is 32.2. The molecule has 0 spiro atoms. The smallest absolute Gasteiger partial charge is 0.318 e. The topological polar surface area (TPSA) is 87.2 Å². The lowest BCUT2D eigenvalue weighted by atomic mass is 10.1. The molecule has 0 amide bonds. The molecule has 1 atom stereocenters. The van der Waals surface area contributed by atoms with Gasteiger partial charge >= 0.3 is 5.97 Å². The third kappa shape index (κ3) is 4.74. The van der Waals surface area contributed by atoms with Gasteiger partial charge in [-0.25, -0.2) is 0 Å². The highest BCUT2D eigenvalue weighted by molar-refractivity contribution is 7.86. The first kappa shape index (κ1) is 17.9. The SMILES string of the molecule is COCC1CCN(S(=O)(=O)N(CC(=O)O)Cc2ccccc2)C1. The lowest BCUT2D eigenvalue weighted by molar-refractivity contribution is -0.137. The van der Waals surface area contributed by atoms with E-state index in [1.54, 1.807) is 31.4 Å². The Morgan fingerprint density at radius 1 is 1.39 bits per heavy atom. The number of carboxylic acids is 1.